The Hall–Kier alpha value is -2.57. The molecule has 2 aromatic carbocycles. The summed E-state index contributed by atoms with van der Waals surface area (Å²) >= 11 is 0. The van der Waals surface area contributed by atoms with E-state index in [1.54, 1.807) is 38.1 Å². The van der Waals surface area contributed by atoms with Crippen molar-refractivity contribution in [3.8, 4) is 5.75 Å². The van der Waals surface area contributed by atoms with Gasteiger partial charge in [0.2, 0.25) is 0 Å². The quantitative estimate of drug-likeness (QED) is 0.271. The van der Waals surface area contributed by atoms with E-state index in [0.717, 1.165) is 6.07 Å². The van der Waals surface area contributed by atoms with Crippen molar-refractivity contribution < 1.29 is 23.5 Å². The average Bonchev–Trinajstić information content (AvgIpc) is 2.66. The topological polar surface area (TPSA) is 57.1 Å². The highest BCUT2D eigenvalue weighted by Gasteiger charge is 2.23. The van der Waals surface area contributed by atoms with Gasteiger partial charge < -0.3 is 14.3 Å². The van der Waals surface area contributed by atoms with Crippen LogP contribution in [0, 0.1) is 5.82 Å². The van der Waals surface area contributed by atoms with Crippen LogP contribution in [0.1, 0.15) is 55.5 Å². The molecule has 0 spiro atoms. The number of ether oxygens (including phenoxy) is 2. The van der Waals surface area contributed by atoms with Crippen molar-refractivity contribution in [2.24, 2.45) is 5.16 Å². The summed E-state index contributed by atoms with van der Waals surface area (Å²) in [5.74, 6) is -0.748. The average molecular weight is 373 g/mol. The van der Waals surface area contributed by atoms with E-state index in [9.17, 15) is 9.18 Å². The molecule has 144 valence electrons. The smallest absolute Gasteiger partial charge is 0.197 e. The predicted molar refractivity (Wildman–Crippen MR) is 102 cm³/mol. The molecule has 0 atom stereocenters. The minimum Gasteiger partial charge on any atom is -0.356 e. The number of carbonyl (C=O) groups excluding carboxylic acids is 1. The molecule has 0 aromatic heterocycles. The Labute approximate surface area is 158 Å². The van der Waals surface area contributed by atoms with Crippen molar-refractivity contribution >= 4 is 11.5 Å². The number of nitrogens with zero attached hydrogens (tertiary/aromatic N) is 1. The summed E-state index contributed by atoms with van der Waals surface area (Å²) in [6.07, 6.45) is -0.686. The van der Waals surface area contributed by atoms with Crippen LogP contribution in [0.4, 0.5) is 4.39 Å². The molecule has 0 saturated heterocycles. The van der Waals surface area contributed by atoms with Gasteiger partial charge in [0.05, 0.1) is 11.3 Å². The third kappa shape index (κ3) is 5.45. The zero-order valence-electron chi connectivity index (χ0n) is 16.0. The van der Waals surface area contributed by atoms with Gasteiger partial charge in [-0.3, -0.25) is 4.79 Å². The largest absolute Gasteiger partial charge is 0.356 e. The van der Waals surface area contributed by atoms with Gasteiger partial charge >= 0.3 is 0 Å². The Bertz CT molecular complexity index is 810. The fourth-order valence-corrected chi connectivity index (χ4v) is 2.48. The van der Waals surface area contributed by atoms with Gasteiger partial charge in [-0.1, -0.05) is 29.4 Å². The van der Waals surface area contributed by atoms with Crippen LogP contribution in [0.3, 0.4) is 0 Å². The van der Waals surface area contributed by atoms with Crippen molar-refractivity contribution in [2.45, 2.75) is 34.0 Å². The third-order valence-corrected chi connectivity index (χ3v) is 3.61. The second-order valence-corrected chi connectivity index (χ2v) is 5.93. The highest BCUT2D eigenvalue weighted by Crippen LogP contribution is 2.29. The molecule has 2 rings (SSSR count). The number of rotatable bonds is 9. The molecule has 0 aliphatic heterocycles. The molecule has 27 heavy (non-hydrogen) atoms. The number of carbonyl (C=O) groups is 1. The first-order valence-corrected chi connectivity index (χ1v) is 8.82. The van der Waals surface area contributed by atoms with Crippen LogP contribution in [0.15, 0.2) is 47.6 Å². The van der Waals surface area contributed by atoms with Crippen molar-refractivity contribution in [1.29, 1.82) is 0 Å². The van der Waals surface area contributed by atoms with Gasteiger partial charge in [0.15, 0.2) is 17.8 Å². The van der Waals surface area contributed by atoms with Crippen molar-refractivity contribution in [1.82, 2.24) is 0 Å². The highest BCUT2D eigenvalue weighted by atomic mass is 19.1. The maximum Gasteiger partial charge on any atom is 0.197 e. The van der Waals surface area contributed by atoms with Crippen LogP contribution in [0.5, 0.6) is 5.75 Å². The molecule has 0 fully saturated rings. The molecule has 0 heterocycles. The van der Waals surface area contributed by atoms with Crippen LogP contribution in [0.25, 0.3) is 0 Å². The van der Waals surface area contributed by atoms with Gasteiger partial charge in [-0.15, -0.1) is 0 Å². The lowest BCUT2D eigenvalue weighted by molar-refractivity contribution is -0.140. The van der Waals surface area contributed by atoms with Crippen LogP contribution in [0.2, 0.25) is 0 Å². The van der Waals surface area contributed by atoms with E-state index in [4.69, 9.17) is 14.3 Å². The van der Waals surface area contributed by atoms with Gasteiger partial charge in [-0.05, 0) is 45.9 Å². The molecule has 6 heteroatoms. The standard InChI is InChI=1S/C21H24FNO4/c1-5-25-21(26-6-2)17-10-8-7-9-16(17)20(24)18-13-15(22)11-12-19(18)27-23-14(3)4/h7-13,21H,5-6H2,1-4H3. The Kier molecular flexibility index (Phi) is 7.64. The van der Waals surface area contributed by atoms with E-state index >= 15 is 0 Å². The van der Waals surface area contributed by atoms with E-state index in [0.29, 0.717) is 30.1 Å². The fraction of sp³-hybridized carbons (Fsp3) is 0.333. The number of hydrogen-bond donors (Lipinski definition) is 0. The van der Waals surface area contributed by atoms with Crippen LogP contribution >= 0.6 is 0 Å². The van der Waals surface area contributed by atoms with Crippen LogP contribution in [-0.2, 0) is 9.47 Å². The molecule has 0 amide bonds. The molecule has 2 aromatic rings. The van der Waals surface area contributed by atoms with Crippen LogP contribution in [-0.4, -0.2) is 24.7 Å². The van der Waals surface area contributed by atoms with Gasteiger partial charge in [0.1, 0.15) is 5.82 Å². The molecule has 0 bridgehead atoms. The van der Waals surface area contributed by atoms with Crippen molar-refractivity contribution in [2.75, 3.05) is 13.2 Å². The normalized spacial score (nSPS) is 10.7. The minimum atomic E-state index is -0.686. The van der Waals surface area contributed by atoms with Gasteiger partial charge in [0.25, 0.3) is 0 Å². The SMILES string of the molecule is CCOC(OCC)c1ccccc1C(=O)c1cc(F)ccc1ON=C(C)C. The molecule has 0 aliphatic carbocycles. The van der Waals surface area contributed by atoms with Gasteiger partial charge in [0, 0.05) is 24.3 Å². The lowest BCUT2D eigenvalue weighted by Gasteiger charge is -2.20. The van der Waals surface area contributed by atoms with E-state index in [1.807, 2.05) is 13.8 Å². The van der Waals surface area contributed by atoms with E-state index in [1.165, 1.54) is 12.1 Å². The zero-order valence-corrected chi connectivity index (χ0v) is 16.0. The Morgan fingerprint density at radius 1 is 1.04 bits per heavy atom. The second kappa shape index (κ2) is 9.94. The summed E-state index contributed by atoms with van der Waals surface area (Å²) in [7, 11) is 0. The first-order valence-electron chi connectivity index (χ1n) is 8.82. The Balaban J connectivity index is 2.49. The van der Waals surface area contributed by atoms with Crippen molar-refractivity contribution in [3.63, 3.8) is 0 Å². The first-order chi connectivity index (χ1) is 13.0. The summed E-state index contributed by atoms with van der Waals surface area (Å²) < 4.78 is 25.1. The third-order valence-electron chi connectivity index (χ3n) is 3.61. The highest BCUT2D eigenvalue weighted by molar-refractivity contribution is 6.11. The first kappa shape index (κ1) is 20.7. The molecule has 0 aliphatic rings. The molecular weight excluding hydrogens is 349 g/mol. The summed E-state index contributed by atoms with van der Waals surface area (Å²) in [5.41, 5.74) is 1.69. The maximum atomic E-state index is 13.8. The summed E-state index contributed by atoms with van der Waals surface area (Å²) in [4.78, 5) is 18.5. The number of halogens is 1. The molecule has 0 saturated carbocycles. The molecule has 0 N–H and O–H groups in total. The Morgan fingerprint density at radius 2 is 1.70 bits per heavy atom. The summed E-state index contributed by atoms with van der Waals surface area (Å²) in [6, 6.07) is 10.7. The Morgan fingerprint density at radius 3 is 2.33 bits per heavy atom. The molecule has 5 nitrogen and oxygen atoms in total. The van der Waals surface area contributed by atoms with E-state index in [2.05, 4.69) is 5.16 Å². The van der Waals surface area contributed by atoms with Gasteiger partial charge in [-0.2, -0.15) is 0 Å². The summed E-state index contributed by atoms with van der Waals surface area (Å²) in [6.45, 7) is 8.06. The lowest BCUT2D eigenvalue weighted by Crippen LogP contribution is -2.15. The molecular formula is C21H24FNO4. The number of benzene rings is 2. The number of hydrogen-bond acceptors (Lipinski definition) is 5. The molecule has 0 radical (unpaired) electrons. The number of ketones is 1. The molecule has 0 unspecified atom stereocenters. The van der Waals surface area contributed by atoms with E-state index in [-0.39, 0.29) is 11.3 Å². The van der Waals surface area contributed by atoms with Crippen LogP contribution < -0.4 is 4.84 Å². The van der Waals surface area contributed by atoms with E-state index < -0.39 is 17.9 Å². The summed E-state index contributed by atoms with van der Waals surface area (Å²) in [5, 5.41) is 3.87. The van der Waals surface area contributed by atoms with Gasteiger partial charge in [-0.25, -0.2) is 4.39 Å². The van der Waals surface area contributed by atoms with Crippen molar-refractivity contribution in [3.05, 3.63) is 65.0 Å². The zero-order chi connectivity index (χ0) is 19.8. The maximum absolute atomic E-state index is 13.8. The monoisotopic (exact) mass is 373 g/mol. The fourth-order valence-electron chi connectivity index (χ4n) is 2.48. The minimum absolute atomic E-state index is 0.0826. The lowest BCUT2D eigenvalue weighted by atomic mass is 9.97. The number of oxime groups is 1. The predicted octanol–water partition coefficient (Wildman–Crippen LogP) is 4.90. The second-order valence-electron chi connectivity index (χ2n) is 5.93.